The van der Waals surface area contributed by atoms with E-state index in [-0.39, 0.29) is 17.5 Å². The maximum Gasteiger partial charge on any atom is 0.254 e. The van der Waals surface area contributed by atoms with Crippen LogP contribution in [0, 0.1) is 5.41 Å². The summed E-state index contributed by atoms with van der Waals surface area (Å²) >= 11 is 0. The van der Waals surface area contributed by atoms with E-state index in [1.54, 1.807) is 6.20 Å². The quantitative estimate of drug-likeness (QED) is 0.638. The van der Waals surface area contributed by atoms with E-state index in [4.69, 9.17) is 0 Å². The summed E-state index contributed by atoms with van der Waals surface area (Å²) in [4.78, 5) is 30.6. The largest absolute Gasteiger partial charge is 0.346 e. The van der Waals surface area contributed by atoms with Crippen molar-refractivity contribution in [2.45, 2.75) is 71.4 Å². The zero-order valence-corrected chi connectivity index (χ0v) is 19.0. The molecule has 3 aromatic rings. The maximum atomic E-state index is 13.5. The van der Waals surface area contributed by atoms with E-state index in [0.717, 1.165) is 72.7 Å². The Morgan fingerprint density at radius 3 is 2.66 bits per heavy atom. The van der Waals surface area contributed by atoms with Crippen LogP contribution >= 0.6 is 0 Å². The van der Waals surface area contributed by atoms with Gasteiger partial charge in [0.2, 0.25) is 0 Å². The lowest BCUT2D eigenvalue weighted by molar-refractivity contribution is 0.0950. The maximum absolute atomic E-state index is 13.5. The Hall–Kier alpha value is -2.95. The van der Waals surface area contributed by atoms with E-state index in [9.17, 15) is 9.59 Å². The van der Waals surface area contributed by atoms with E-state index in [0.29, 0.717) is 17.5 Å². The minimum Gasteiger partial charge on any atom is -0.346 e. The van der Waals surface area contributed by atoms with Crippen molar-refractivity contribution in [1.82, 2.24) is 14.9 Å². The number of nitrogens with one attached hydrogen (secondary N) is 1. The van der Waals surface area contributed by atoms with E-state index in [1.165, 1.54) is 0 Å². The molecule has 5 rings (SSSR count). The van der Waals surface area contributed by atoms with Gasteiger partial charge < -0.3 is 9.88 Å². The van der Waals surface area contributed by atoms with Crippen molar-refractivity contribution in [3.05, 3.63) is 75.3 Å². The van der Waals surface area contributed by atoms with E-state index >= 15 is 0 Å². The van der Waals surface area contributed by atoms with Crippen LogP contribution in [0.5, 0.6) is 0 Å². The second-order valence-corrected chi connectivity index (χ2v) is 10.1. The number of hydrogen-bond acceptors (Lipinski definition) is 3. The Kier molecular flexibility index (Phi) is 5.36. The van der Waals surface area contributed by atoms with Gasteiger partial charge in [0.05, 0.1) is 17.8 Å². The zero-order chi connectivity index (χ0) is 22.3. The molecule has 1 aromatic carbocycles. The van der Waals surface area contributed by atoms with Gasteiger partial charge in [-0.25, -0.2) is 0 Å². The lowest BCUT2D eigenvalue weighted by atomic mass is 9.75. The molecule has 0 spiro atoms. The van der Waals surface area contributed by atoms with Crippen molar-refractivity contribution in [3.8, 4) is 0 Å². The molecule has 5 nitrogen and oxygen atoms in total. The molecule has 0 unspecified atom stereocenters. The second-order valence-electron chi connectivity index (χ2n) is 10.1. The smallest absolute Gasteiger partial charge is 0.254 e. The van der Waals surface area contributed by atoms with Gasteiger partial charge in [-0.15, -0.1) is 0 Å². The minimum atomic E-state index is -0.110. The molecule has 1 saturated carbocycles. The number of benzene rings is 1. The number of pyridine rings is 2. The normalized spacial score (nSPS) is 17.9. The van der Waals surface area contributed by atoms with E-state index < -0.39 is 0 Å². The number of amides is 1. The Bertz CT molecular complexity index is 1220. The number of hydrogen-bond donors (Lipinski definition) is 1. The summed E-state index contributed by atoms with van der Waals surface area (Å²) in [6.07, 6.45) is 8.84. The molecule has 1 amide bonds. The molecule has 0 atom stereocenters. The number of rotatable bonds is 4. The van der Waals surface area contributed by atoms with Gasteiger partial charge in [0.25, 0.3) is 11.5 Å². The predicted octanol–water partition coefficient (Wildman–Crippen LogP) is 4.96. The Morgan fingerprint density at radius 1 is 1.12 bits per heavy atom. The van der Waals surface area contributed by atoms with Gasteiger partial charge in [-0.2, -0.15) is 0 Å². The third kappa shape index (κ3) is 3.85. The summed E-state index contributed by atoms with van der Waals surface area (Å²) in [7, 11) is 0. The number of carbonyl (C=O) groups is 1. The average Bonchev–Trinajstić information content (AvgIpc) is 3.30. The van der Waals surface area contributed by atoms with Crippen molar-refractivity contribution < 1.29 is 4.79 Å². The van der Waals surface area contributed by atoms with Gasteiger partial charge in [-0.1, -0.05) is 19.9 Å². The van der Waals surface area contributed by atoms with Gasteiger partial charge in [-0.3, -0.25) is 14.6 Å². The van der Waals surface area contributed by atoms with Crippen LogP contribution in [0.1, 0.15) is 79.2 Å². The first-order valence-corrected chi connectivity index (χ1v) is 11.8. The van der Waals surface area contributed by atoms with Crippen LogP contribution in [0.25, 0.3) is 10.9 Å². The highest BCUT2D eigenvalue weighted by Gasteiger charge is 2.31. The fraction of sp³-hybridized carbons (Fsp3) is 0.444. The highest BCUT2D eigenvalue weighted by Crippen LogP contribution is 2.41. The Morgan fingerprint density at radius 2 is 1.91 bits per heavy atom. The first-order valence-electron chi connectivity index (χ1n) is 11.8. The summed E-state index contributed by atoms with van der Waals surface area (Å²) in [5.74, 6) is -0.110. The molecule has 32 heavy (non-hydrogen) atoms. The number of fused-ring (bicyclic) bond motifs is 3. The van der Waals surface area contributed by atoms with Crippen LogP contribution in [0.2, 0.25) is 0 Å². The fourth-order valence-corrected chi connectivity index (χ4v) is 5.44. The number of nitrogens with zero attached hydrogens (tertiary/aromatic N) is 2. The van der Waals surface area contributed by atoms with Crippen LogP contribution in [0.4, 0.5) is 0 Å². The lowest BCUT2D eigenvalue weighted by Crippen LogP contribution is -2.32. The zero-order valence-electron chi connectivity index (χ0n) is 19.0. The molecule has 0 saturated heterocycles. The van der Waals surface area contributed by atoms with Gasteiger partial charge in [-0.05, 0) is 86.3 Å². The van der Waals surface area contributed by atoms with Crippen molar-refractivity contribution in [2.75, 3.05) is 0 Å². The molecule has 5 heteroatoms. The molecule has 1 N–H and O–H groups in total. The number of aromatic nitrogens is 2. The first kappa shape index (κ1) is 20.9. The second kappa shape index (κ2) is 8.19. The summed E-state index contributed by atoms with van der Waals surface area (Å²) in [5, 5.41) is 4.05. The van der Waals surface area contributed by atoms with Crippen LogP contribution in [-0.4, -0.2) is 15.5 Å². The van der Waals surface area contributed by atoms with E-state index in [2.05, 4.69) is 28.7 Å². The van der Waals surface area contributed by atoms with E-state index in [1.807, 2.05) is 36.4 Å². The van der Waals surface area contributed by atoms with Crippen LogP contribution < -0.4 is 10.9 Å². The molecule has 2 aliphatic rings. The lowest BCUT2D eigenvalue weighted by Gasteiger charge is -2.36. The van der Waals surface area contributed by atoms with Gasteiger partial charge in [0.1, 0.15) is 0 Å². The first-order chi connectivity index (χ1) is 15.4. The van der Waals surface area contributed by atoms with Crippen molar-refractivity contribution >= 4 is 16.8 Å². The summed E-state index contributed by atoms with van der Waals surface area (Å²) in [5.41, 5.74) is 5.12. The summed E-state index contributed by atoms with van der Waals surface area (Å²) in [6, 6.07) is 11.8. The van der Waals surface area contributed by atoms with Crippen molar-refractivity contribution in [3.63, 3.8) is 0 Å². The van der Waals surface area contributed by atoms with Crippen molar-refractivity contribution in [2.24, 2.45) is 5.41 Å². The molecular weight excluding hydrogens is 398 g/mol. The molecule has 2 aliphatic carbocycles. The van der Waals surface area contributed by atoms with Crippen LogP contribution in [-0.2, 0) is 19.4 Å². The highest BCUT2D eigenvalue weighted by molar-refractivity contribution is 5.99. The molecule has 1 fully saturated rings. The topological polar surface area (TPSA) is 64.0 Å². The SMILES string of the molecule is CC1(C)CCC(n2c(=O)c3c(c4cc(C(=O)NCc5ccccn5)ccc42)CCC3)CC1. The Labute approximate surface area is 188 Å². The van der Waals surface area contributed by atoms with Gasteiger partial charge in [0, 0.05) is 28.8 Å². The number of carbonyl (C=O) groups excluding carboxylic acids is 1. The fourth-order valence-electron chi connectivity index (χ4n) is 5.44. The molecule has 166 valence electrons. The number of aryl methyl sites for hydroxylation is 1. The van der Waals surface area contributed by atoms with Gasteiger partial charge in [0.15, 0.2) is 0 Å². The third-order valence-corrected chi connectivity index (χ3v) is 7.37. The monoisotopic (exact) mass is 429 g/mol. The predicted molar refractivity (Wildman–Crippen MR) is 127 cm³/mol. The average molecular weight is 430 g/mol. The van der Waals surface area contributed by atoms with Crippen LogP contribution in [0.3, 0.4) is 0 Å². The molecular formula is C27H31N3O2. The van der Waals surface area contributed by atoms with Crippen LogP contribution in [0.15, 0.2) is 47.4 Å². The third-order valence-electron chi connectivity index (χ3n) is 7.37. The molecule has 0 bridgehead atoms. The summed E-state index contributed by atoms with van der Waals surface area (Å²) in [6.45, 7) is 5.04. The standard InChI is InChI=1S/C27H31N3O2/c1-27(2)13-11-20(12-14-27)30-24-10-9-18(25(31)29-17-19-6-3-4-15-28-19)16-23(24)21-7-5-8-22(21)26(30)32/h3-4,6,9-10,15-16,20H,5,7-8,11-14,17H2,1-2H3,(H,29,31). The molecule has 2 heterocycles. The Balaban J connectivity index is 1.51. The summed E-state index contributed by atoms with van der Waals surface area (Å²) < 4.78 is 2.06. The van der Waals surface area contributed by atoms with Gasteiger partial charge >= 0.3 is 0 Å². The highest BCUT2D eigenvalue weighted by atomic mass is 16.1. The molecule has 0 aliphatic heterocycles. The minimum absolute atomic E-state index is 0.110. The van der Waals surface area contributed by atoms with Crippen molar-refractivity contribution in [1.29, 1.82) is 0 Å². The molecule has 0 radical (unpaired) electrons. The molecule has 2 aromatic heterocycles.